The van der Waals surface area contributed by atoms with Crippen LogP contribution in [0.2, 0.25) is 5.02 Å². The van der Waals surface area contributed by atoms with Gasteiger partial charge in [0.1, 0.15) is 5.75 Å². The third-order valence-corrected chi connectivity index (χ3v) is 8.35. The molecular formula is C25H29ClN2O5S. The number of ether oxygens (including phenoxy) is 2. The highest BCUT2D eigenvalue weighted by Gasteiger charge is 2.30. The summed E-state index contributed by atoms with van der Waals surface area (Å²) in [5, 5.41) is 0.665. The molecule has 0 N–H and O–H groups in total. The van der Waals surface area contributed by atoms with Crippen LogP contribution < -0.4 is 9.64 Å². The normalized spacial score (nSPS) is 18.5. The predicted molar refractivity (Wildman–Crippen MR) is 130 cm³/mol. The van der Waals surface area contributed by atoms with Crippen molar-refractivity contribution < 1.29 is 22.7 Å². The molecule has 2 aromatic rings. The Hall–Kier alpha value is -2.29. The van der Waals surface area contributed by atoms with Gasteiger partial charge in [-0.2, -0.15) is 0 Å². The van der Waals surface area contributed by atoms with Crippen LogP contribution in [-0.4, -0.2) is 58.4 Å². The maximum atomic E-state index is 13.6. The lowest BCUT2D eigenvalue weighted by molar-refractivity contribution is 0.0744. The molecule has 9 heteroatoms. The highest BCUT2D eigenvalue weighted by Crippen LogP contribution is 2.36. The summed E-state index contributed by atoms with van der Waals surface area (Å²) in [5.41, 5.74) is 3.30. The highest BCUT2D eigenvalue weighted by molar-refractivity contribution is 7.90. The van der Waals surface area contributed by atoms with Gasteiger partial charge in [-0.1, -0.05) is 18.0 Å². The molecular weight excluding hydrogens is 476 g/mol. The fourth-order valence-electron chi connectivity index (χ4n) is 4.67. The number of hydrogen-bond donors (Lipinski definition) is 0. The molecule has 1 saturated carbocycles. The maximum absolute atomic E-state index is 13.6. The zero-order valence-electron chi connectivity index (χ0n) is 19.3. The fourth-order valence-corrected chi connectivity index (χ4v) is 5.62. The van der Waals surface area contributed by atoms with Crippen LogP contribution in [0.1, 0.15) is 40.7 Å². The summed E-state index contributed by atoms with van der Waals surface area (Å²) in [6.07, 6.45) is 4.59. The van der Waals surface area contributed by atoms with Crippen molar-refractivity contribution in [3.63, 3.8) is 0 Å². The second-order valence-corrected chi connectivity index (χ2v) is 11.8. The summed E-state index contributed by atoms with van der Waals surface area (Å²) in [6, 6.07) is 8.57. The molecule has 1 amide bonds. The Balaban J connectivity index is 1.40. The van der Waals surface area contributed by atoms with Gasteiger partial charge in [0.15, 0.2) is 9.84 Å². The minimum Gasteiger partial charge on any atom is -0.492 e. The van der Waals surface area contributed by atoms with Crippen LogP contribution in [0.5, 0.6) is 5.75 Å². The van der Waals surface area contributed by atoms with Gasteiger partial charge < -0.3 is 19.3 Å². The first-order chi connectivity index (χ1) is 16.3. The number of halogens is 1. The van der Waals surface area contributed by atoms with E-state index in [4.69, 9.17) is 21.1 Å². The number of benzene rings is 2. The van der Waals surface area contributed by atoms with Crippen molar-refractivity contribution in [2.45, 2.75) is 37.2 Å². The Morgan fingerprint density at radius 3 is 2.47 bits per heavy atom. The topological polar surface area (TPSA) is 76.2 Å². The maximum Gasteiger partial charge on any atom is 0.258 e. The van der Waals surface area contributed by atoms with Gasteiger partial charge in [0.25, 0.3) is 5.91 Å². The number of rotatable bonds is 6. The van der Waals surface area contributed by atoms with Crippen molar-refractivity contribution in [2.24, 2.45) is 5.92 Å². The number of nitrogens with zero attached hydrogens (tertiary/aromatic N) is 2. The summed E-state index contributed by atoms with van der Waals surface area (Å²) >= 11 is 6.60. The van der Waals surface area contributed by atoms with Crippen molar-refractivity contribution in [1.82, 2.24) is 4.90 Å². The molecule has 0 radical (unpaired) electrons. The first-order valence-electron chi connectivity index (χ1n) is 11.7. The summed E-state index contributed by atoms with van der Waals surface area (Å²) in [7, 11) is -3.46. The number of hydrogen-bond acceptors (Lipinski definition) is 6. The zero-order valence-corrected chi connectivity index (χ0v) is 20.8. The van der Waals surface area contributed by atoms with Crippen LogP contribution >= 0.6 is 11.6 Å². The van der Waals surface area contributed by atoms with Crippen LogP contribution in [0, 0.1) is 5.92 Å². The van der Waals surface area contributed by atoms with E-state index in [1.165, 1.54) is 18.6 Å². The molecule has 2 fully saturated rings. The summed E-state index contributed by atoms with van der Waals surface area (Å²) < 4.78 is 35.8. The minimum atomic E-state index is -3.46. The molecule has 0 spiro atoms. The number of morpholine rings is 1. The van der Waals surface area contributed by atoms with E-state index in [2.05, 4.69) is 11.0 Å². The first kappa shape index (κ1) is 23.5. The lowest BCUT2D eigenvalue weighted by atomic mass is 9.86. The van der Waals surface area contributed by atoms with E-state index in [0.29, 0.717) is 49.6 Å². The van der Waals surface area contributed by atoms with Crippen LogP contribution in [0.3, 0.4) is 0 Å². The molecule has 2 heterocycles. The van der Waals surface area contributed by atoms with E-state index in [0.717, 1.165) is 49.0 Å². The van der Waals surface area contributed by atoms with E-state index in [-0.39, 0.29) is 16.4 Å². The molecule has 0 bridgehead atoms. The third kappa shape index (κ3) is 4.76. The van der Waals surface area contributed by atoms with Crippen molar-refractivity contribution in [3.8, 4) is 5.75 Å². The molecule has 34 heavy (non-hydrogen) atoms. The number of anilines is 1. The molecule has 2 aromatic carbocycles. The van der Waals surface area contributed by atoms with Crippen molar-refractivity contribution in [2.75, 3.05) is 44.1 Å². The average molecular weight is 505 g/mol. The molecule has 7 nitrogen and oxygen atoms in total. The Morgan fingerprint density at radius 2 is 1.82 bits per heavy atom. The minimum absolute atomic E-state index is 0.112. The predicted octanol–water partition coefficient (Wildman–Crippen LogP) is 3.92. The van der Waals surface area contributed by atoms with Gasteiger partial charge in [0, 0.05) is 32.4 Å². The van der Waals surface area contributed by atoms with Gasteiger partial charge in [-0.3, -0.25) is 4.79 Å². The third-order valence-electron chi connectivity index (χ3n) is 6.94. The molecule has 3 aliphatic rings. The van der Waals surface area contributed by atoms with E-state index >= 15 is 0 Å². The standard InChI is InChI=1S/C25H29ClN2O5S/c1-34(30,31)20-5-6-24(33-16-17-3-2-4-17)21(13-20)25(29)28-14-18-11-22(26)23(12-19(18)15-28)27-7-9-32-10-8-27/h5-6,11-13,17H,2-4,7-10,14-16H2,1H3. The lowest BCUT2D eigenvalue weighted by Gasteiger charge is -2.30. The smallest absolute Gasteiger partial charge is 0.258 e. The molecule has 1 aliphatic carbocycles. The molecule has 0 atom stereocenters. The SMILES string of the molecule is CS(=O)(=O)c1ccc(OCC2CCC2)c(C(=O)N2Cc3cc(Cl)c(N4CCOCC4)cc3C2)c1. The van der Waals surface area contributed by atoms with Crippen LogP contribution in [0.15, 0.2) is 35.2 Å². The van der Waals surface area contributed by atoms with Crippen LogP contribution in [-0.2, 0) is 27.7 Å². The second-order valence-electron chi connectivity index (χ2n) is 9.37. The average Bonchev–Trinajstić information content (AvgIpc) is 3.20. The molecule has 2 aliphatic heterocycles. The number of amides is 1. The van der Waals surface area contributed by atoms with Gasteiger partial charge in [0.2, 0.25) is 0 Å². The summed E-state index contributed by atoms with van der Waals surface area (Å²) in [6.45, 7) is 4.28. The van der Waals surface area contributed by atoms with Gasteiger partial charge >= 0.3 is 0 Å². The number of carbonyl (C=O) groups is 1. The van der Waals surface area contributed by atoms with Crippen molar-refractivity contribution in [3.05, 3.63) is 52.0 Å². The van der Waals surface area contributed by atoms with Crippen molar-refractivity contribution >= 4 is 33.0 Å². The van der Waals surface area contributed by atoms with E-state index < -0.39 is 9.84 Å². The van der Waals surface area contributed by atoms with Gasteiger partial charge in [-0.05, 0) is 60.2 Å². The largest absolute Gasteiger partial charge is 0.492 e. The highest BCUT2D eigenvalue weighted by atomic mass is 35.5. The van der Waals surface area contributed by atoms with E-state index in [1.807, 2.05) is 6.07 Å². The van der Waals surface area contributed by atoms with Gasteiger partial charge in [-0.25, -0.2) is 8.42 Å². The fraction of sp³-hybridized carbons (Fsp3) is 0.480. The molecule has 1 saturated heterocycles. The Morgan fingerprint density at radius 1 is 1.12 bits per heavy atom. The van der Waals surface area contributed by atoms with E-state index in [9.17, 15) is 13.2 Å². The lowest BCUT2D eigenvalue weighted by Crippen LogP contribution is -2.36. The second kappa shape index (κ2) is 9.40. The molecule has 0 aromatic heterocycles. The van der Waals surface area contributed by atoms with Crippen LogP contribution in [0.25, 0.3) is 0 Å². The van der Waals surface area contributed by atoms with Gasteiger partial charge in [0.05, 0.1) is 41.0 Å². The van der Waals surface area contributed by atoms with Gasteiger partial charge in [-0.15, -0.1) is 0 Å². The number of fused-ring (bicyclic) bond motifs is 1. The Labute approximate surface area is 205 Å². The Kier molecular flexibility index (Phi) is 6.48. The molecule has 0 unspecified atom stereocenters. The first-order valence-corrected chi connectivity index (χ1v) is 14.0. The quantitative estimate of drug-likeness (QED) is 0.593. The van der Waals surface area contributed by atoms with E-state index in [1.54, 1.807) is 11.0 Å². The Bertz CT molecular complexity index is 1210. The summed E-state index contributed by atoms with van der Waals surface area (Å²) in [5.74, 6) is 0.691. The zero-order chi connectivity index (χ0) is 23.9. The summed E-state index contributed by atoms with van der Waals surface area (Å²) in [4.78, 5) is 17.6. The number of carbonyl (C=O) groups excluding carboxylic acids is 1. The van der Waals surface area contributed by atoms with Crippen molar-refractivity contribution in [1.29, 1.82) is 0 Å². The monoisotopic (exact) mass is 504 g/mol. The molecule has 5 rings (SSSR count). The molecule has 182 valence electrons. The van der Waals surface area contributed by atoms with Crippen LogP contribution in [0.4, 0.5) is 5.69 Å². The number of sulfone groups is 1.